The molecule has 0 aliphatic heterocycles. The van der Waals surface area contributed by atoms with E-state index in [2.05, 4.69) is 35.7 Å². The van der Waals surface area contributed by atoms with E-state index < -0.39 is 0 Å². The molecule has 0 bridgehead atoms. The molecule has 3 rings (SSSR count). The molecule has 3 heteroatoms. The minimum absolute atomic E-state index is 0.479. The summed E-state index contributed by atoms with van der Waals surface area (Å²) in [6.07, 6.45) is 6.84. The van der Waals surface area contributed by atoms with Gasteiger partial charge in [0, 0.05) is 17.8 Å². The third-order valence-corrected chi connectivity index (χ3v) is 3.50. The molecule has 1 atom stereocenters. The van der Waals surface area contributed by atoms with Gasteiger partial charge in [-0.2, -0.15) is 5.10 Å². The molecule has 1 N–H and O–H groups in total. The van der Waals surface area contributed by atoms with Crippen molar-refractivity contribution >= 4 is 0 Å². The molecule has 0 saturated heterocycles. The zero-order valence-electron chi connectivity index (χ0n) is 10.7. The second kappa shape index (κ2) is 4.94. The van der Waals surface area contributed by atoms with Crippen molar-refractivity contribution in [3.05, 3.63) is 48.3 Å². The van der Waals surface area contributed by atoms with Gasteiger partial charge in [0.25, 0.3) is 0 Å². The zero-order chi connectivity index (χ0) is 12.4. The number of nitrogens with zero attached hydrogens (tertiary/aromatic N) is 2. The minimum atomic E-state index is 0.479. The lowest BCUT2D eigenvalue weighted by Gasteiger charge is -2.14. The van der Waals surface area contributed by atoms with Gasteiger partial charge in [-0.3, -0.25) is 0 Å². The van der Waals surface area contributed by atoms with Crippen LogP contribution in [0.1, 0.15) is 31.4 Å². The van der Waals surface area contributed by atoms with Crippen LogP contribution in [0.2, 0.25) is 0 Å². The van der Waals surface area contributed by atoms with Gasteiger partial charge in [0.1, 0.15) is 0 Å². The molecule has 1 aromatic heterocycles. The number of benzene rings is 1. The zero-order valence-corrected chi connectivity index (χ0v) is 10.7. The van der Waals surface area contributed by atoms with Gasteiger partial charge < -0.3 is 5.32 Å². The smallest absolute Gasteiger partial charge is 0.0645 e. The lowest BCUT2D eigenvalue weighted by atomic mass is 10.1. The van der Waals surface area contributed by atoms with Crippen molar-refractivity contribution in [2.45, 2.75) is 25.8 Å². The van der Waals surface area contributed by atoms with Crippen molar-refractivity contribution in [1.82, 2.24) is 15.1 Å². The summed E-state index contributed by atoms with van der Waals surface area (Å²) in [6.45, 7) is 3.18. The Morgan fingerprint density at radius 3 is 2.78 bits per heavy atom. The monoisotopic (exact) mass is 241 g/mol. The van der Waals surface area contributed by atoms with Crippen LogP contribution in [0.4, 0.5) is 0 Å². The van der Waals surface area contributed by atoms with Gasteiger partial charge in [0.05, 0.1) is 11.9 Å². The number of hydrogen-bond donors (Lipinski definition) is 1. The molecule has 1 saturated carbocycles. The van der Waals surface area contributed by atoms with Gasteiger partial charge in [-0.15, -0.1) is 0 Å². The molecule has 0 radical (unpaired) electrons. The fraction of sp³-hybridized carbons (Fsp3) is 0.400. The van der Waals surface area contributed by atoms with Gasteiger partial charge in [-0.1, -0.05) is 25.1 Å². The second-order valence-corrected chi connectivity index (χ2v) is 4.93. The van der Waals surface area contributed by atoms with E-state index in [1.54, 1.807) is 0 Å². The Morgan fingerprint density at radius 2 is 2.11 bits per heavy atom. The summed E-state index contributed by atoms with van der Waals surface area (Å²) in [4.78, 5) is 0. The van der Waals surface area contributed by atoms with Crippen LogP contribution in [0.3, 0.4) is 0 Å². The third kappa shape index (κ3) is 2.31. The highest BCUT2D eigenvalue weighted by Crippen LogP contribution is 2.40. The molecule has 2 aromatic rings. The van der Waals surface area contributed by atoms with Gasteiger partial charge in [-0.05, 0) is 37.4 Å². The highest BCUT2D eigenvalue weighted by atomic mass is 15.3. The summed E-state index contributed by atoms with van der Waals surface area (Å²) in [5, 5.41) is 8.05. The maximum Gasteiger partial charge on any atom is 0.0645 e. The van der Waals surface area contributed by atoms with Crippen molar-refractivity contribution in [3.8, 4) is 5.69 Å². The van der Waals surface area contributed by atoms with Crippen molar-refractivity contribution in [2.75, 3.05) is 6.54 Å². The summed E-state index contributed by atoms with van der Waals surface area (Å²) >= 11 is 0. The molecule has 0 amide bonds. The van der Waals surface area contributed by atoms with Gasteiger partial charge in [0.15, 0.2) is 0 Å². The van der Waals surface area contributed by atoms with E-state index in [0.717, 1.165) is 18.2 Å². The highest BCUT2D eigenvalue weighted by molar-refractivity contribution is 5.31. The average molecular weight is 241 g/mol. The van der Waals surface area contributed by atoms with Crippen molar-refractivity contribution < 1.29 is 0 Å². The lowest BCUT2D eigenvalue weighted by molar-refractivity contribution is 0.496. The summed E-state index contributed by atoms with van der Waals surface area (Å²) in [5.74, 6) is 0.804. The first-order valence-electron chi connectivity index (χ1n) is 6.72. The Kier molecular flexibility index (Phi) is 3.15. The topological polar surface area (TPSA) is 29.9 Å². The van der Waals surface area contributed by atoms with Crippen molar-refractivity contribution in [3.63, 3.8) is 0 Å². The molecular weight excluding hydrogens is 222 g/mol. The van der Waals surface area contributed by atoms with E-state index in [-0.39, 0.29) is 0 Å². The summed E-state index contributed by atoms with van der Waals surface area (Å²) in [7, 11) is 0. The first-order chi connectivity index (χ1) is 8.88. The highest BCUT2D eigenvalue weighted by Gasteiger charge is 2.32. The molecule has 94 valence electrons. The second-order valence-electron chi connectivity index (χ2n) is 4.93. The normalized spacial score (nSPS) is 16.7. The average Bonchev–Trinajstić information content (AvgIpc) is 3.14. The Bertz CT molecular complexity index is 499. The van der Waals surface area contributed by atoms with Crippen LogP contribution in [-0.2, 0) is 0 Å². The first kappa shape index (κ1) is 11.5. The predicted molar refractivity (Wildman–Crippen MR) is 72.7 cm³/mol. The minimum Gasteiger partial charge on any atom is -0.310 e. The summed E-state index contributed by atoms with van der Waals surface area (Å²) < 4.78 is 1.96. The van der Waals surface area contributed by atoms with Crippen molar-refractivity contribution in [2.24, 2.45) is 5.92 Å². The predicted octanol–water partition coefficient (Wildman–Crippen LogP) is 2.93. The van der Waals surface area contributed by atoms with Gasteiger partial charge in [-0.25, -0.2) is 4.68 Å². The number of aromatic nitrogens is 2. The molecule has 1 heterocycles. The van der Waals surface area contributed by atoms with Crippen LogP contribution in [0.25, 0.3) is 5.69 Å². The van der Waals surface area contributed by atoms with E-state index in [1.165, 1.54) is 18.4 Å². The van der Waals surface area contributed by atoms with Crippen LogP contribution in [0, 0.1) is 5.92 Å². The maximum atomic E-state index is 4.48. The largest absolute Gasteiger partial charge is 0.310 e. The molecule has 1 fully saturated rings. The molecule has 1 aliphatic rings. The van der Waals surface area contributed by atoms with Gasteiger partial charge in [0.2, 0.25) is 0 Å². The summed E-state index contributed by atoms with van der Waals surface area (Å²) in [5.41, 5.74) is 2.43. The van der Waals surface area contributed by atoms with E-state index in [0.29, 0.717) is 6.04 Å². The van der Waals surface area contributed by atoms with Crippen LogP contribution in [0.15, 0.2) is 42.7 Å². The number of hydrogen-bond acceptors (Lipinski definition) is 2. The summed E-state index contributed by atoms with van der Waals surface area (Å²) in [6, 6.07) is 10.7. The van der Waals surface area contributed by atoms with E-state index in [4.69, 9.17) is 0 Å². The fourth-order valence-electron chi connectivity index (χ4n) is 2.43. The van der Waals surface area contributed by atoms with Crippen molar-refractivity contribution in [1.29, 1.82) is 0 Å². The Hall–Kier alpha value is -1.61. The maximum absolute atomic E-state index is 4.48. The quantitative estimate of drug-likeness (QED) is 0.872. The third-order valence-electron chi connectivity index (χ3n) is 3.50. The van der Waals surface area contributed by atoms with E-state index in [1.807, 2.05) is 29.1 Å². The van der Waals surface area contributed by atoms with E-state index in [9.17, 15) is 0 Å². The molecule has 3 nitrogen and oxygen atoms in total. The van der Waals surface area contributed by atoms with E-state index >= 15 is 0 Å². The first-order valence-corrected chi connectivity index (χ1v) is 6.72. The van der Waals surface area contributed by atoms with Crippen LogP contribution in [-0.4, -0.2) is 16.3 Å². The standard InChI is InChI=1S/C15H19N3/c1-2-16-15(12-8-9-12)13-10-17-18(11-13)14-6-4-3-5-7-14/h3-7,10-12,15-16H,2,8-9H2,1H3. The van der Waals surface area contributed by atoms with Gasteiger partial charge >= 0.3 is 0 Å². The van der Waals surface area contributed by atoms with Crippen LogP contribution in [0.5, 0.6) is 0 Å². The SMILES string of the molecule is CCNC(c1cnn(-c2ccccc2)c1)C1CC1. The van der Waals surface area contributed by atoms with Crippen LogP contribution >= 0.6 is 0 Å². The molecule has 18 heavy (non-hydrogen) atoms. The molecule has 0 spiro atoms. The lowest BCUT2D eigenvalue weighted by Crippen LogP contribution is -2.22. The van der Waals surface area contributed by atoms with Crippen LogP contribution < -0.4 is 5.32 Å². The number of nitrogens with one attached hydrogen (secondary N) is 1. The Labute approximate surface area is 108 Å². The molecule has 1 unspecified atom stereocenters. The number of para-hydroxylation sites is 1. The number of rotatable bonds is 5. The molecular formula is C15H19N3. The molecule has 1 aliphatic carbocycles. The Balaban J connectivity index is 1.84. The Morgan fingerprint density at radius 1 is 1.33 bits per heavy atom. The fourth-order valence-corrected chi connectivity index (χ4v) is 2.43. The molecule has 1 aromatic carbocycles.